The van der Waals surface area contributed by atoms with Crippen LogP contribution in [0.1, 0.15) is 40.0 Å². The van der Waals surface area contributed by atoms with E-state index in [9.17, 15) is 0 Å². The van der Waals surface area contributed by atoms with Gasteiger partial charge in [0.05, 0.1) is 0 Å². The molecule has 0 heteroatoms. The minimum absolute atomic E-state index is 1.11. The molecule has 0 aromatic rings. The SMILES string of the molecule is C\C=C(/C=C\C=C/CC)CCC. The van der Waals surface area contributed by atoms with Crippen molar-refractivity contribution in [3.05, 3.63) is 36.0 Å². The van der Waals surface area contributed by atoms with Gasteiger partial charge in [-0.3, -0.25) is 0 Å². The first-order valence-electron chi connectivity index (χ1n) is 4.83. The van der Waals surface area contributed by atoms with Crippen LogP contribution in [0, 0.1) is 0 Å². The van der Waals surface area contributed by atoms with Crippen molar-refractivity contribution in [1.29, 1.82) is 0 Å². The average molecular weight is 164 g/mol. The van der Waals surface area contributed by atoms with Crippen molar-refractivity contribution in [2.45, 2.75) is 40.0 Å². The van der Waals surface area contributed by atoms with Crippen LogP contribution in [0.25, 0.3) is 0 Å². The van der Waals surface area contributed by atoms with Crippen molar-refractivity contribution < 1.29 is 0 Å². The summed E-state index contributed by atoms with van der Waals surface area (Å²) in [4.78, 5) is 0. The lowest BCUT2D eigenvalue weighted by Gasteiger charge is -1.95. The van der Waals surface area contributed by atoms with E-state index in [-0.39, 0.29) is 0 Å². The minimum Gasteiger partial charge on any atom is -0.0848 e. The molecule has 0 saturated heterocycles. The molecule has 0 nitrogen and oxygen atoms in total. The largest absolute Gasteiger partial charge is 0.0848 e. The topological polar surface area (TPSA) is 0 Å². The second kappa shape index (κ2) is 8.32. The summed E-state index contributed by atoms with van der Waals surface area (Å²) in [6, 6.07) is 0. The van der Waals surface area contributed by atoms with Crippen LogP contribution in [0.5, 0.6) is 0 Å². The number of hydrogen-bond donors (Lipinski definition) is 0. The summed E-state index contributed by atoms with van der Waals surface area (Å²) in [7, 11) is 0. The lowest BCUT2D eigenvalue weighted by molar-refractivity contribution is 0.924. The highest BCUT2D eigenvalue weighted by molar-refractivity contribution is 5.21. The number of allylic oxidation sites excluding steroid dienone is 6. The Morgan fingerprint density at radius 2 is 1.92 bits per heavy atom. The van der Waals surface area contributed by atoms with E-state index in [0.29, 0.717) is 0 Å². The minimum atomic E-state index is 1.11. The molecule has 0 heterocycles. The summed E-state index contributed by atoms with van der Waals surface area (Å²) < 4.78 is 0. The van der Waals surface area contributed by atoms with E-state index in [1.165, 1.54) is 18.4 Å². The Morgan fingerprint density at radius 1 is 1.17 bits per heavy atom. The third-order valence-corrected chi connectivity index (χ3v) is 1.70. The molecule has 0 fully saturated rings. The molecule has 0 spiro atoms. The zero-order valence-electron chi connectivity index (χ0n) is 8.51. The van der Waals surface area contributed by atoms with Crippen LogP contribution < -0.4 is 0 Å². The molecule has 0 N–H and O–H groups in total. The van der Waals surface area contributed by atoms with Crippen molar-refractivity contribution in [2.75, 3.05) is 0 Å². The summed E-state index contributed by atoms with van der Waals surface area (Å²) in [6.07, 6.45) is 14.3. The fourth-order valence-electron chi connectivity index (χ4n) is 1.01. The van der Waals surface area contributed by atoms with Crippen LogP contribution >= 0.6 is 0 Å². The smallest absolute Gasteiger partial charge is 0.0285 e. The molecule has 0 radical (unpaired) electrons. The molecular formula is C12H20. The highest BCUT2D eigenvalue weighted by Crippen LogP contribution is 2.05. The molecule has 0 aliphatic rings. The van der Waals surface area contributed by atoms with Crippen LogP contribution in [0.3, 0.4) is 0 Å². The fourth-order valence-corrected chi connectivity index (χ4v) is 1.01. The molecule has 0 atom stereocenters. The molecule has 0 aromatic carbocycles. The molecule has 0 rings (SSSR count). The van der Waals surface area contributed by atoms with Crippen molar-refractivity contribution in [3.63, 3.8) is 0 Å². The Labute approximate surface area is 76.7 Å². The molecule has 0 amide bonds. The highest BCUT2D eigenvalue weighted by atomic mass is 13.9. The molecule has 12 heavy (non-hydrogen) atoms. The summed E-state index contributed by atoms with van der Waals surface area (Å²) in [5.74, 6) is 0. The predicted molar refractivity (Wildman–Crippen MR) is 57.2 cm³/mol. The second-order valence-electron chi connectivity index (χ2n) is 2.81. The zero-order valence-corrected chi connectivity index (χ0v) is 8.51. The summed E-state index contributed by atoms with van der Waals surface area (Å²) in [5.41, 5.74) is 1.43. The summed E-state index contributed by atoms with van der Waals surface area (Å²) >= 11 is 0. The third-order valence-electron chi connectivity index (χ3n) is 1.70. The average Bonchev–Trinajstić information content (AvgIpc) is 2.10. The first-order chi connectivity index (χ1) is 5.85. The van der Waals surface area contributed by atoms with Gasteiger partial charge in [-0.05, 0) is 19.8 Å². The molecule has 0 unspecified atom stereocenters. The van der Waals surface area contributed by atoms with Crippen molar-refractivity contribution in [2.24, 2.45) is 0 Å². The van der Waals surface area contributed by atoms with E-state index in [1.54, 1.807) is 0 Å². The third kappa shape index (κ3) is 5.96. The van der Waals surface area contributed by atoms with Crippen LogP contribution in [-0.4, -0.2) is 0 Å². The van der Waals surface area contributed by atoms with Gasteiger partial charge in [0.15, 0.2) is 0 Å². The number of hydrogen-bond acceptors (Lipinski definition) is 0. The van der Waals surface area contributed by atoms with Gasteiger partial charge in [0, 0.05) is 0 Å². The van der Waals surface area contributed by atoms with E-state index in [2.05, 4.69) is 51.2 Å². The van der Waals surface area contributed by atoms with Crippen molar-refractivity contribution in [1.82, 2.24) is 0 Å². The van der Waals surface area contributed by atoms with Gasteiger partial charge in [-0.15, -0.1) is 0 Å². The molecule has 68 valence electrons. The van der Waals surface area contributed by atoms with Crippen LogP contribution in [0.2, 0.25) is 0 Å². The van der Waals surface area contributed by atoms with Gasteiger partial charge < -0.3 is 0 Å². The maximum atomic E-state index is 2.21. The quantitative estimate of drug-likeness (QED) is 0.533. The second-order valence-corrected chi connectivity index (χ2v) is 2.81. The van der Waals surface area contributed by atoms with Gasteiger partial charge in [-0.2, -0.15) is 0 Å². The Kier molecular flexibility index (Phi) is 7.78. The summed E-state index contributed by atoms with van der Waals surface area (Å²) in [6.45, 7) is 6.45. The maximum Gasteiger partial charge on any atom is -0.0285 e. The summed E-state index contributed by atoms with van der Waals surface area (Å²) in [5, 5.41) is 0. The van der Waals surface area contributed by atoms with Crippen molar-refractivity contribution in [3.8, 4) is 0 Å². The monoisotopic (exact) mass is 164 g/mol. The Morgan fingerprint density at radius 3 is 2.42 bits per heavy atom. The lowest BCUT2D eigenvalue weighted by atomic mass is 10.1. The van der Waals surface area contributed by atoms with Gasteiger partial charge in [0.25, 0.3) is 0 Å². The highest BCUT2D eigenvalue weighted by Gasteiger charge is 1.85. The molecule has 0 aliphatic carbocycles. The normalized spacial score (nSPS) is 13.4. The van der Waals surface area contributed by atoms with E-state index in [4.69, 9.17) is 0 Å². The van der Waals surface area contributed by atoms with Crippen LogP contribution in [0.4, 0.5) is 0 Å². The Balaban J connectivity index is 3.85. The van der Waals surface area contributed by atoms with Gasteiger partial charge in [-0.25, -0.2) is 0 Å². The predicted octanol–water partition coefficient (Wildman–Crippen LogP) is 4.26. The van der Waals surface area contributed by atoms with Gasteiger partial charge in [0.2, 0.25) is 0 Å². The van der Waals surface area contributed by atoms with Gasteiger partial charge in [0.1, 0.15) is 0 Å². The number of rotatable bonds is 5. The Hall–Kier alpha value is -0.780. The fraction of sp³-hybridized carbons (Fsp3) is 0.500. The van der Waals surface area contributed by atoms with Crippen LogP contribution in [-0.2, 0) is 0 Å². The maximum absolute atomic E-state index is 2.21. The van der Waals surface area contributed by atoms with E-state index < -0.39 is 0 Å². The van der Waals surface area contributed by atoms with Gasteiger partial charge >= 0.3 is 0 Å². The first kappa shape index (κ1) is 11.2. The Bertz CT molecular complexity index is 170. The van der Waals surface area contributed by atoms with E-state index in [0.717, 1.165) is 6.42 Å². The molecular weight excluding hydrogens is 144 g/mol. The zero-order chi connectivity index (χ0) is 9.23. The molecule has 0 bridgehead atoms. The first-order valence-corrected chi connectivity index (χ1v) is 4.83. The molecule has 0 saturated carbocycles. The molecule has 0 aromatic heterocycles. The van der Waals surface area contributed by atoms with Crippen molar-refractivity contribution >= 4 is 0 Å². The van der Waals surface area contributed by atoms with Crippen LogP contribution in [0.15, 0.2) is 36.0 Å². The van der Waals surface area contributed by atoms with E-state index in [1.807, 2.05) is 0 Å². The molecule has 0 aliphatic heterocycles. The van der Waals surface area contributed by atoms with Gasteiger partial charge in [-0.1, -0.05) is 56.2 Å². The standard InChI is InChI=1S/C12H20/c1-4-7-8-9-11-12(6-3)10-5-2/h6-9,11H,4-5,10H2,1-3H3/b8-7-,11-9-,12-6-. The lowest BCUT2D eigenvalue weighted by Crippen LogP contribution is -1.74. The van der Waals surface area contributed by atoms with E-state index >= 15 is 0 Å².